The van der Waals surface area contributed by atoms with Gasteiger partial charge < -0.3 is 14.8 Å². The van der Waals surface area contributed by atoms with Crippen molar-refractivity contribution in [2.24, 2.45) is 5.92 Å². The van der Waals surface area contributed by atoms with Gasteiger partial charge in [0.25, 0.3) is 5.91 Å². The summed E-state index contributed by atoms with van der Waals surface area (Å²) in [5.41, 5.74) is 0.550. The second-order valence-electron chi connectivity index (χ2n) is 7.26. The van der Waals surface area contributed by atoms with Gasteiger partial charge in [-0.15, -0.1) is 0 Å². The Hall–Kier alpha value is -2.62. The molecule has 0 radical (unpaired) electrons. The molecule has 0 aliphatic carbocycles. The minimum Gasteiger partial charge on any atom is -0.495 e. The lowest BCUT2D eigenvalue weighted by atomic mass is 9.98. The number of hydrogen-bond acceptors (Lipinski definition) is 6. The molecule has 1 fully saturated rings. The number of esters is 1. The Morgan fingerprint density at radius 2 is 1.88 bits per heavy atom. The summed E-state index contributed by atoms with van der Waals surface area (Å²) in [5, 5.41) is 3.10. The highest BCUT2D eigenvalue weighted by Crippen LogP contribution is 2.31. The van der Waals surface area contributed by atoms with Crippen LogP contribution in [0.4, 0.5) is 5.69 Å². The van der Waals surface area contributed by atoms with Gasteiger partial charge in [-0.25, -0.2) is 8.42 Å². The molecule has 10 heteroatoms. The molecular weight excluding hydrogens is 456 g/mol. The molecule has 1 heterocycles. The smallest absolute Gasteiger partial charge is 0.309 e. The molecule has 0 unspecified atom stereocenters. The molecule has 0 aromatic heterocycles. The Morgan fingerprint density at radius 1 is 1.16 bits per heavy atom. The van der Waals surface area contributed by atoms with E-state index >= 15 is 0 Å². The molecule has 1 aliphatic heterocycles. The summed E-state index contributed by atoms with van der Waals surface area (Å²) in [5.74, 6) is -0.722. The van der Waals surface area contributed by atoms with Gasteiger partial charge >= 0.3 is 5.97 Å². The summed E-state index contributed by atoms with van der Waals surface area (Å²) in [6, 6.07) is 10.7. The van der Waals surface area contributed by atoms with Crippen LogP contribution in [0, 0.1) is 5.92 Å². The maximum absolute atomic E-state index is 13.2. The van der Waals surface area contributed by atoms with E-state index in [2.05, 4.69) is 5.32 Å². The molecule has 1 amide bonds. The SMILES string of the molecule is CCOC(=O)C1CCN(S(=O)(=O)c2ccc(OC)c(NC(=O)c3cccc(Cl)c3)c2)CC1. The fraction of sp³-hybridized carbons (Fsp3) is 0.364. The van der Waals surface area contributed by atoms with Crippen LogP contribution in [0.2, 0.25) is 5.02 Å². The molecular formula is C22H25ClN2O6S. The van der Waals surface area contributed by atoms with Crippen molar-refractivity contribution >= 4 is 39.2 Å². The predicted molar refractivity (Wildman–Crippen MR) is 121 cm³/mol. The Balaban J connectivity index is 1.79. The summed E-state index contributed by atoms with van der Waals surface area (Å²) in [6.45, 7) is 2.46. The van der Waals surface area contributed by atoms with Crippen molar-refractivity contribution in [1.29, 1.82) is 0 Å². The van der Waals surface area contributed by atoms with E-state index in [1.54, 1.807) is 25.1 Å². The number of anilines is 1. The molecule has 2 aromatic carbocycles. The highest BCUT2D eigenvalue weighted by Gasteiger charge is 2.33. The van der Waals surface area contributed by atoms with E-state index in [1.807, 2.05) is 0 Å². The van der Waals surface area contributed by atoms with Crippen LogP contribution >= 0.6 is 11.6 Å². The quantitative estimate of drug-likeness (QED) is 0.608. The molecule has 32 heavy (non-hydrogen) atoms. The number of piperidine rings is 1. The van der Waals surface area contributed by atoms with E-state index in [1.165, 1.54) is 35.7 Å². The van der Waals surface area contributed by atoms with Crippen LogP contribution in [0.15, 0.2) is 47.4 Å². The number of benzene rings is 2. The maximum Gasteiger partial charge on any atom is 0.309 e. The van der Waals surface area contributed by atoms with E-state index in [-0.39, 0.29) is 35.6 Å². The third-order valence-electron chi connectivity index (χ3n) is 5.22. The van der Waals surface area contributed by atoms with Crippen molar-refractivity contribution in [2.75, 3.05) is 32.1 Å². The number of hydrogen-bond donors (Lipinski definition) is 1. The Kier molecular flexibility index (Phi) is 7.76. The van der Waals surface area contributed by atoms with Crippen LogP contribution in [0.1, 0.15) is 30.1 Å². The highest BCUT2D eigenvalue weighted by atomic mass is 35.5. The largest absolute Gasteiger partial charge is 0.495 e. The number of ether oxygens (including phenoxy) is 2. The number of methoxy groups -OCH3 is 1. The first-order chi connectivity index (χ1) is 15.3. The fourth-order valence-corrected chi connectivity index (χ4v) is 5.20. The van der Waals surface area contributed by atoms with Crippen LogP contribution in [0.3, 0.4) is 0 Å². The number of nitrogens with zero attached hydrogens (tertiary/aromatic N) is 1. The van der Waals surface area contributed by atoms with E-state index < -0.39 is 15.9 Å². The average Bonchev–Trinajstić information content (AvgIpc) is 2.79. The van der Waals surface area contributed by atoms with Gasteiger partial charge in [0, 0.05) is 23.7 Å². The Morgan fingerprint density at radius 3 is 2.50 bits per heavy atom. The molecule has 0 spiro atoms. The number of sulfonamides is 1. The van der Waals surface area contributed by atoms with Gasteiger partial charge in [-0.3, -0.25) is 9.59 Å². The lowest BCUT2D eigenvalue weighted by Gasteiger charge is -2.30. The molecule has 3 rings (SSSR count). The summed E-state index contributed by atoms with van der Waals surface area (Å²) < 4.78 is 38.0. The molecule has 1 saturated heterocycles. The zero-order valence-corrected chi connectivity index (χ0v) is 19.4. The number of carbonyl (C=O) groups is 2. The third-order valence-corrected chi connectivity index (χ3v) is 7.35. The minimum atomic E-state index is -3.82. The van der Waals surface area contributed by atoms with E-state index in [4.69, 9.17) is 21.1 Å². The van der Waals surface area contributed by atoms with Crippen molar-refractivity contribution < 1.29 is 27.5 Å². The molecule has 1 aliphatic rings. The van der Waals surface area contributed by atoms with Crippen molar-refractivity contribution in [3.8, 4) is 5.75 Å². The number of amides is 1. The second kappa shape index (κ2) is 10.3. The molecule has 2 aromatic rings. The topological polar surface area (TPSA) is 102 Å². The van der Waals surface area contributed by atoms with Crippen LogP contribution in [-0.4, -0.2) is 51.4 Å². The normalized spacial score (nSPS) is 15.2. The van der Waals surface area contributed by atoms with Gasteiger partial charge in [0.2, 0.25) is 10.0 Å². The van der Waals surface area contributed by atoms with E-state index in [9.17, 15) is 18.0 Å². The lowest BCUT2D eigenvalue weighted by molar-refractivity contribution is -0.149. The molecule has 0 atom stereocenters. The van der Waals surface area contributed by atoms with Gasteiger partial charge in [0.05, 0.1) is 30.2 Å². The number of carbonyl (C=O) groups excluding carboxylic acids is 2. The summed E-state index contributed by atoms with van der Waals surface area (Å²) in [6.07, 6.45) is 0.791. The zero-order chi connectivity index (χ0) is 23.3. The molecule has 0 saturated carbocycles. The maximum atomic E-state index is 13.2. The number of rotatable bonds is 7. The summed E-state index contributed by atoms with van der Waals surface area (Å²) >= 11 is 5.95. The molecule has 172 valence electrons. The molecule has 1 N–H and O–H groups in total. The van der Waals surface area contributed by atoms with Crippen molar-refractivity contribution in [3.63, 3.8) is 0 Å². The predicted octanol–water partition coefficient (Wildman–Crippen LogP) is 3.56. The monoisotopic (exact) mass is 480 g/mol. The number of nitrogens with one attached hydrogen (secondary N) is 1. The average molecular weight is 481 g/mol. The van der Waals surface area contributed by atoms with E-state index in [0.717, 1.165) is 0 Å². The summed E-state index contributed by atoms with van der Waals surface area (Å²) in [7, 11) is -2.40. The Labute approximate surface area is 192 Å². The second-order valence-corrected chi connectivity index (χ2v) is 9.63. The number of halogens is 1. The Bertz CT molecular complexity index is 1100. The van der Waals surface area contributed by atoms with Crippen molar-refractivity contribution in [3.05, 3.63) is 53.1 Å². The van der Waals surface area contributed by atoms with Crippen molar-refractivity contribution in [1.82, 2.24) is 4.31 Å². The van der Waals surface area contributed by atoms with Gasteiger partial charge in [0.1, 0.15) is 5.75 Å². The van der Waals surface area contributed by atoms with Crippen LogP contribution in [0.25, 0.3) is 0 Å². The first-order valence-electron chi connectivity index (χ1n) is 10.2. The standard InChI is InChI=1S/C22H25ClN2O6S/c1-3-31-22(27)15-9-11-25(12-10-15)32(28,29)18-7-8-20(30-2)19(14-18)24-21(26)16-5-4-6-17(23)13-16/h4-8,13-15H,3,9-12H2,1-2H3,(H,24,26). The first kappa shape index (κ1) is 24.0. The van der Waals surface area contributed by atoms with Gasteiger partial charge in [-0.05, 0) is 56.2 Å². The van der Waals surface area contributed by atoms with Crippen LogP contribution < -0.4 is 10.1 Å². The van der Waals surface area contributed by atoms with Gasteiger partial charge in [-0.1, -0.05) is 17.7 Å². The van der Waals surface area contributed by atoms with Gasteiger partial charge in [-0.2, -0.15) is 4.31 Å². The minimum absolute atomic E-state index is 0.0225. The van der Waals surface area contributed by atoms with Crippen molar-refractivity contribution in [2.45, 2.75) is 24.7 Å². The van der Waals surface area contributed by atoms with Crippen LogP contribution in [-0.2, 0) is 19.6 Å². The fourth-order valence-electron chi connectivity index (χ4n) is 3.51. The summed E-state index contributed by atoms with van der Waals surface area (Å²) in [4.78, 5) is 24.6. The van der Waals surface area contributed by atoms with E-state index in [0.29, 0.717) is 35.8 Å². The highest BCUT2D eigenvalue weighted by molar-refractivity contribution is 7.89. The zero-order valence-electron chi connectivity index (χ0n) is 17.8. The first-order valence-corrected chi connectivity index (χ1v) is 12.0. The third kappa shape index (κ3) is 5.40. The van der Waals surface area contributed by atoms with Gasteiger partial charge in [0.15, 0.2) is 0 Å². The lowest BCUT2D eigenvalue weighted by Crippen LogP contribution is -2.40. The van der Waals surface area contributed by atoms with Crippen LogP contribution in [0.5, 0.6) is 5.75 Å². The molecule has 0 bridgehead atoms. The molecule has 8 nitrogen and oxygen atoms in total.